The first kappa shape index (κ1) is 17.0. The summed E-state index contributed by atoms with van der Waals surface area (Å²) in [7, 11) is 2.08. The Morgan fingerprint density at radius 3 is 2.65 bits per heavy atom. The molecule has 0 aliphatic rings. The van der Waals surface area contributed by atoms with Crippen molar-refractivity contribution < 1.29 is 9.90 Å². The zero-order valence-electron chi connectivity index (χ0n) is 13.0. The Morgan fingerprint density at radius 1 is 1.50 bits per heavy atom. The van der Waals surface area contributed by atoms with Gasteiger partial charge in [0, 0.05) is 30.4 Å². The molecule has 20 heavy (non-hydrogen) atoms. The third kappa shape index (κ3) is 4.83. The van der Waals surface area contributed by atoms with E-state index in [0.29, 0.717) is 0 Å². The number of hydrogen-bond acceptors (Lipinski definition) is 4. The highest BCUT2D eigenvalue weighted by Crippen LogP contribution is 2.27. The molecule has 0 aliphatic carbocycles. The molecule has 5 nitrogen and oxygen atoms in total. The van der Waals surface area contributed by atoms with Crippen LogP contribution in [-0.4, -0.2) is 51.4 Å². The van der Waals surface area contributed by atoms with Crippen molar-refractivity contribution in [1.29, 1.82) is 0 Å². The minimum atomic E-state index is -0.812. The summed E-state index contributed by atoms with van der Waals surface area (Å²) in [4.78, 5) is 17.4. The first-order valence-electron chi connectivity index (χ1n) is 6.84. The quantitative estimate of drug-likeness (QED) is 0.783. The Labute approximate surface area is 125 Å². The number of carboxylic acid groups (broad SMARTS) is 1. The second kappa shape index (κ2) is 7.13. The number of nitrogens with zero attached hydrogens (tertiary/aromatic N) is 3. The predicted octanol–water partition coefficient (Wildman–Crippen LogP) is 2.31. The number of likely N-dealkylation sites (N-methyl/N-ethyl adjacent to an activating group) is 1. The fourth-order valence-electron chi connectivity index (χ4n) is 1.84. The summed E-state index contributed by atoms with van der Waals surface area (Å²) in [5.41, 5.74) is 1.15. The predicted molar refractivity (Wildman–Crippen MR) is 82.5 cm³/mol. The Morgan fingerprint density at radius 2 is 2.15 bits per heavy atom. The van der Waals surface area contributed by atoms with Gasteiger partial charge in [0.05, 0.1) is 5.75 Å². The van der Waals surface area contributed by atoms with Crippen molar-refractivity contribution in [3.63, 3.8) is 0 Å². The number of hydrogen-bond donors (Lipinski definition) is 1. The van der Waals surface area contributed by atoms with Gasteiger partial charge in [0.15, 0.2) is 5.16 Å². The monoisotopic (exact) mass is 299 g/mol. The van der Waals surface area contributed by atoms with Crippen LogP contribution in [0.5, 0.6) is 0 Å². The molecule has 0 atom stereocenters. The Bertz CT molecular complexity index is 452. The lowest BCUT2D eigenvalue weighted by molar-refractivity contribution is -0.133. The Balaban J connectivity index is 2.94. The maximum atomic E-state index is 10.7. The maximum Gasteiger partial charge on any atom is 0.313 e. The molecule has 1 heterocycles. The highest BCUT2D eigenvalue weighted by Gasteiger charge is 2.22. The summed E-state index contributed by atoms with van der Waals surface area (Å²) in [6.45, 7) is 11.3. The number of aliphatic carboxylic acids is 1. The molecule has 0 unspecified atom stereocenters. The molecular weight excluding hydrogens is 274 g/mol. The molecule has 0 bridgehead atoms. The molecular formula is C14H25N3O2S. The van der Waals surface area contributed by atoms with Crippen LogP contribution in [-0.2, 0) is 16.8 Å². The van der Waals surface area contributed by atoms with Crippen LogP contribution in [0.25, 0.3) is 0 Å². The van der Waals surface area contributed by atoms with Crippen LogP contribution >= 0.6 is 11.8 Å². The van der Waals surface area contributed by atoms with E-state index in [1.165, 1.54) is 11.8 Å². The molecule has 0 saturated carbocycles. The molecule has 1 aromatic heterocycles. The summed E-state index contributed by atoms with van der Waals surface area (Å²) >= 11 is 1.29. The van der Waals surface area contributed by atoms with Gasteiger partial charge in [-0.25, -0.2) is 4.98 Å². The third-order valence-corrected chi connectivity index (χ3v) is 4.13. The van der Waals surface area contributed by atoms with E-state index in [2.05, 4.69) is 49.2 Å². The smallest absolute Gasteiger partial charge is 0.313 e. The third-order valence-electron chi connectivity index (χ3n) is 3.16. The van der Waals surface area contributed by atoms with E-state index in [1.807, 2.05) is 6.20 Å². The number of carbonyl (C=O) groups is 1. The van der Waals surface area contributed by atoms with Crippen LogP contribution in [0.15, 0.2) is 11.4 Å². The average molecular weight is 299 g/mol. The number of imidazole rings is 1. The first-order valence-corrected chi connectivity index (χ1v) is 7.83. The lowest BCUT2D eigenvalue weighted by Gasteiger charge is -2.23. The van der Waals surface area contributed by atoms with Gasteiger partial charge in [-0.1, -0.05) is 39.5 Å². The first-order chi connectivity index (χ1) is 9.25. The van der Waals surface area contributed by atoms with Crippen molar-refractivity contribution in [3.8, 4) is 0 Å². The van der Waals surface area contributed by atoms with Crippen molar-refractivity contribution in [2.45, 2.75) is 44.8 Å². The number of thioether (sulfide) groups is 1. The molecule has 0 radical (unpaired) electrons. The lowest BCUT2D eigenvalue weighted by atomic mass is 9.92. The average Bonchev–Trinajstić information content (AvgIpc) is 2.76. The van der Waals surface area contributed by atoms with Crippen molar-refractivity contribution >= 4 is 17.7 Å². The Kier molecular flexibility index (Phi) is 6.07. The lowest BCUT2D eigenvalue weighted by Crippen LogP contribution is -2.26. The summed E-state index contributed by atoms with van der Waals surface area (Å²) in [6.07, 6.45) is 1.87. The zero-order chi connectivity index (χ0) is 15.3. The van der Waals surface area contributed by atoms with E-state index in [1.54, 1.807) is 0 Å². The van der Waals surface area contributed by atoms with E-state index in [-0.39, 0.29) is 11.2 Å². The topological polar surface area (TPSA) is 58.4 Å². The highest BCUT2D eigenvalue weighted by atomic mass is 32.2. The van der Waals surface area contributed by atoms with Crippen LogP contribution in [0, 0.1) is 0 Å². The molecule has 0 aliphatic heterocycles. The number of rotatable bonds is 7. The van der Waals surface area contributed by atoms with Gasteiger partial charge in [-0.05, 0) is 13.6 Å². The maximum absolute atomic E-state index is 10.7. The van der Waals surface area contributed by atoms with Gasteiger partial charge in [-0.2, -0.15) is 0 Å². The van der Waals surface area contributed by atoms with Gasteiger partial charge >= 0.3 is 5.97 Å². The summed E-state index contributed by atoms with van der Waals surface area (Å²) < 4.78 is 2.15. The van der Waals surface area contributed by atoms with Gasteiger partial charge in [-0.3, -0.25) is 4.79 Å². The van der Waals surface area contributed by atoms with E-state index < -0.39 is 5.97 Å². The van der Waals surface area contributed by atoms with Gasteiger partial charge in [0.1, 0.15) is 0 Å². The van der Waals surface area contributed by atoms with Crippen LogP contribution in [0.2, 0.25) is 0 Å². The molecule has 0 aromatic carbocycles. The summed E-state index contributed by atoms with van der Waals surface area (Å²) in [5, 5.41) is 9.62. The normalized spacial score (nSPS) is 12.1. The number of carboxylic acids is 1. The van der Waals surface area contributed by atoms with Crippen LogP contribution in [0.1, 0.15) is 33.4 Å². The van der Waals surface area contributed by atoms with Crippen LogP contribution in [0.4, 0.5) is 0 Å². The SMILES string of the molecule is CCN(C)CCn1c(C(C)(C)C)cnc1SCC(=O)O. The zero-order valence-corrected chi connectivity index (χ0v) is 13.8. The van der Waals surface area contributed by atoms with Crippen LogP contribution < -0.4 is 0 Å². The molecule has 6 heteroatoms. The fourth-order valence-corrected chi connectivity index (χ4v) is 2.57. The standard InChI is InChI=1S/C14H25N3O2S/c1-6-16(5)7-8-17-11(14(2,3)4)9-15-13(17)20-10-12(18)19/h9H,6-8,10H2,1-5H3,(H,18,19). The van der Waals surface area contributed by atoms with Gasteiger partial charge in [0.25, 0.3) is 0 Å². The Hall–Kier alpha value is -1.01. The molecule has 1 aromatic rings. The van der Waals surface area contributed by atoms with Crippen LogP contribution in [0.3, 0.4) is 0 Å². The van der Waals surface area contributed by atoms with Gasteiger partial charge < -0.3 is 14.6 Å². The highest BCUT2D eigenvalue weighted by molar-refractivity contribution is 7.99. The van der Waals surface area contributed by atoms with Crippen molar-refractivity contribution in [2.75, 3.05) is 25.9 Å². The van der Waals surface area contributed by atoms with Gasteiger partial charge in [-0.15, -0.1) is 0 Å². The van der Waals surface area contributed by atoms with E-state index >= 15 is 0 Å². The van der Waals surface area contributed by atoms with Crippen molar-refractivity contribution in [3.05, 3.63) is 11.9 Å². The molecule has 1 N–H and O–H groups in total. The van der Waals surface area contributed by atoms with E-state index in [9.17, 15) is 4.79 Å². The molecule has 114 valence electrons. The van der Waals surface area contributed by atoms with E-state index in [4.69, 9.17) is 5.11 Å². The second-order valence-corrected chi connectivity index (χ2v) is 6.85. The van der Waals surface area contributed by atoms with Gasteiger partial charge in [0.2, 0.25) is 0 Å². The minimum absolute atomic E-state index is 0.000179. The second-order valence-electron chi connectivity index (χ2n) is 5.91. The molecule has 1 rings (SSSR count). The van der Waals surface area contributed by atoms with E-state index in [0.717, 1.165) is 30.5 Å². The minimum Gasteiger partial charge on any atom is -0.481 e. The fraction of sp³-hybridized carbons (Fsp3) is 0.714. The van der Waals surface area contributed by atoms with Crippen molar-refractivity contribution in [2.24, 2.45) is 0 Å². The molecule has 0 fully saturated rings. The molecule has 0 amide bonds. The summed E-state index contributed by atoms with van der Waals surface area (Å²) in [5.74, 6) is -0.767. The summed E-state index contributed by atoms with van der Waals surface area (Å²) in [6, 6.07) is 0. The van der Waals surface area contributed by atoms with Crippen molar-refractivity contribution in [1.82, 2.24) is 14.5 Å². The largest absolute Gasteiger partial charge is 0.481 e. The molecule has 0 spiro atoms. The number of aromatic nitrogens is 2. The molecule has 0 saturated heterocycles.